The van der Waals surface area contributed by atoms with Gasteiger partial charge in [-0.25, -0.2) is 0 Å². The highest BCUT2D eigenvalue weighted by molar-refractivity contribution is 5.70. The second kappa shape index (κ2) is 6.76. The Labute approximate surface area is 126 Å². The van der Waals surface area contributed by atoms with E-state index in [-0.39, 0.29) is 0 Å². The minimum atomic E-state index is 0.762. The molecule has 0 N–H and O–H groups in total. The first-order chi connectivity index (χ1) is 10.2. The van der Waals surface area contributed by atoms with E-state index in [2.05, 4.69) is 38.1 Å². The lowest BCUT2D eigenvalue weighted by Gasteiger charge is -2.12. The Kier molecular flexibility index (Phi) is 4.79. The number of benzene rings is 2. The SMILES string of the molecule is COc1ccc(/C(=C\C#N)Cc2c(C)cccc2C)cc1. The highest BCUT2D eigenvalue weighted by Gasteiger charge is 2.08. The number of methoxy groups -OCH3 is 1. The summed E-state index contributed by atoms with van der Waals surface area (Å²) in [7, 11) is 1.65. The van der Waals surface area contributed by atoms with E-state index in [9.17, 15) is 0 Å². The maximum absolute atomic E-state index is 9.06. The summed E-state index contributed by atoms with van der Waals surface area (Å²) in [6.45, 7) is 4.22. The monoisotopic (exact) mass is 277 g/mol. The third-order valence-corrected chi connectivity index (χ3v) is 3.71. The van der Waals surface area contributed by atoms with Gasteiger partial charge in [-0.1, -0.05) is 30.3 Å². The van der Waals surface area contributed by atoms with E-state index in [1.165, 1.54) is 16.7 Å². The van der Waals surface area contributed by atoms with Gasteiger partial charge in [0.05, 0.1) is 13.2 Å². The number of hydrogen-bond donors (Lipinski definition) is 0. The van der Waals surface area contributed by atoms with Gasteiger partial charge in [0.1, 0.15) is 5.75 Å². The molecule has 0 saturated heterocycles. The highest BCUT2D eigenvalue weighted by atomic mass is 16.5. The predicted molar refractivity (Wildman–Crippen MR) is 86.2 cm³/mol. The molecule has 2 aromatic carbocycles. The van der Waals surface area contributed by atoms with Crippen LogP contribution in [0.2, 0.25) is 0 Å². The van der Waals surface area contributed by atoms with Crippen LogP contribution in [0.3, 0.4) is 0 Å². The standard InChI is InChI=1S/C19H19NO/c1-14-5-4-6-15(2)19(14)13-17(11-12-20)16-7-9-18(21-3)10-8-16/h4-11H,13H2,1-3H3/b17-11-. The number of hydrogen-bond acceptors (Lipinski definition) is 2. The number of allylic oxidation sites excluding steroid dienone is 2. The molecule has 106 valence electrons. The lowest BCUT2D eigenvalue weighted by molar-refractivity contribution is 0.415. The molecule has 0 fully saturated rings. The minimum Gasteiger partial charge on any atom is -0.497 e. The van der Waals surface area contributed by atoms with Crippen molar-refractivity contribution in [1.29, 1.82) is 5.26 Å². The topological polar surface area (TPSA) is 33.0 Å². The fourth-order valence-corrected chi connectivity index (χ4v) is 2.44. The first-order valence-corrected chi connectivity index (χ1v) is 6.94. The molecule has 0 radical (unpaired) electrons. The van der Waals surface area contributed by atoms with Crippen LogP contribution in [0, 0.1) is 25.2 Å². The number of aryl methyl sites for hydroxylation is 2. The highest BCUT2D eigenvalue weighted by Crippen LogP contribution is 2.25. The maximum atomic E-state index is 9.06. The first-order valence-electron chi connectivity index (χ1n) is 6.94. The summed E-state index contributed by atoms with van der Waals surface area (Å²) in [5.41, 5.74) is 5.88. The van der Waals surface area contributed by atoms with E-state index in [1.54, 1.807) is 13.2 Å². The molecule has 2 nitrogen and oxygen atoms in total. The molecular formula is C19H19NO. The van der Waals surface area contributed by atoms with Crippen LogP contribution in [0.25, 0.3) is 5.57 Å². The summed E-state index contributed by atoms with van der Waals surface area (Å²) in [5.74, 6) is 0.821. The molecule has 0 aliphatic rings. The fourth-order valence-electron chi connectivity index (χ4n) is 2.44. The van der Waals surface area contributed by atoms with Crippen molar-refractivity contribution in [1.82, 2.24) is 0 Å². The quantitative estimate of drug-likeness (QED) is 0.773. The van der Waals surface area contributed by atoms with E-state index >= 15 is 0 Å². The van der Waals surface area contributed by atoms with Crippen LogP contribution >= 0.6 is 0 Å². The third-order valence-electron chi connectivity index (χ3n) is 3.71. The van der Waals surface area contributed by atoms with Gasteiger partial charge in [0.25, 0.3) is 0 Å². The molecule has 0 atom stereocenters. The van der Waals surface area contributed by atoms with Crippen LogP contribution in [0.1, 0.15) is 22.3 Å². The van der Waals surface area contributed by atoms with Crippen molar-refractivity contribution in [2.24, 2.45) is 0 Å². The molecule has 2 rings (SSSR count). The van der Waals surface area contributed by atoms with Crippen molar-refractivity contribution < 1.29 is 4.74 Å². The van der Waals surface area contributed by atoms with E-state index < -0.39 is 0 Å². The van der Waals surface area contributed by atoms with Crippen LogP contribution in [0.5, 0.6) is 5.75 Å². The van der Waals surface area contributed by atoms with Gasteiger partial charge in [-0.15, -0.1) is 0 Å². The Balaban J connectivity index is 2.36. The average Bonchev–Trinajstić information content (AvgIpc) is 2.50. The summed E-state index contributed by atoms with van der Waals surface area (Å²) >= 11 is 0. The number of rotatable bonds is 4. The zero-order valence-corrected chi connectivity index (χ0v) is 12.7. The Morgan fingerprint density at radius 1 is 1.10 bits per heavy atom. The van der Waals surface area contributed by atoms with E-state index in [0.29, 0.717) is 0 Å². The van der Waals surface area contributed by atoms with Gasteiger partial charge in [0, 0.05) is 6.08 Å². The summed E-state index contributed by atoms with van der Waals surface area (Å²) in [4.78, 5) is 0. The average molecular weight is 277 g/mol. The van der Waals surface area contributed by atoms with E-state index in [0.717, 1.165) is 23.3 Å². The molecule has 0 unspecified atom stereocenters. The summed E-state index contributed by atoms with van der Waals surface area (Å²) in [6, 6.07) is 16.3. The van der Waals surface area contributed by atoms with Crippen molar-refractivity contribution >= 4 is 5.57 Å². The lowest BCUT2D eigenvalue weighted by atomic mass is 9.92. The Bertz CT molecular complexity index is 670. The van der Waals surface area contributed by atoms with Crippen molar-refractivity contribution in [3.63, 3.8) is 0 Å². The second-order valence-corrected chi connectivity index (χ2v) is 5.07. The molecule has 0 aliphatic carbocycles. The fraction of sp³-hybridized carbons (Fsp3) is 0.211. The van der Waals surface area contributed by atoms with Gasteiger partial charge in [-0.2, -0.15) is 5.26 Å². The molecule has 0 spiro atoms. The number of nitriles is 1. The molecule has 0 aliphatic heterocycles. The van der Waals surface area contributed by atoms with Crippen LogP contribution < -0.4 is 4.74 Å². The van der Waals surface area contributed by atoms with Gasteiger partial charge < -0.3 is 4.74 Å². The molecule has 0 saturated carbocycles. The van der Waals surface area contributed by atoms with E-state index in [4.69, 9.17) is 10.00 Å². The van der Waals surface area contributed by atoms with Crippen molar-refractivity contribution in [3.05, 3.63) is 70.8 Å². The summed E-state index contributed by atoms with van der Waals surface area (Å²) in [5, 5.41) is 9.06. The number of ether oxygens (including phenoxy) is 1. The normalized spacial score (nSPS) is 11.0. The molecule has 0 aromatic heterocycles. The molecular weight excluding hydrogens is 258 g/mol. The molecule has 21 heavy (non-hydrogen) atoms. The van der Waals surface area contributed by atoms with Crippen LogP contribution in [0.15, 0.2) is 48.5 Å². The number of nitrogens with zero attached hydrogens (tertiary/aromatic N) is 1. The smallest absolute Gasteiger partial charge is 0.118 e. The summed E-state index contributed by atoms with van der Waals surface area (Å²) in [6.07, 6.45) is 2.39. The van der Waals surface area contributed by atoms with Crippen molar-refractivity contribution in [2.45, 2.75) is 20.3 Å². The molecule has 2 heteroatoms. The maximum Gasteiger partial charge on any atom is 0.118 e. The zero-order valence-electron chi connectivity index (χ0n) is 12.7. The minimum absolute atomic E-state index is 0.762. The van der Waals surface area contributed by atoms with Crippen LogP contribution in [0.4, 0.5) is 0 Å². The second-order valence-electron chi connectivity index (χ2n) is 5.07. The van der Waals surface area contributed by atoms with Crippen molar-refractivity contribution in [3.8, 4) is 11.8 Å². The van der Waals surface area contributed by atoms with Gasteiger partial charge in [0.15, 0.2) is 0 Å². The predicted octanol–water partition coefficient (Wildman–Crippen LogP) is 4.46. The Morgan fingerprint density at radius 2 is 1.71 bits per heavy atom. The van der Waals surface area contributed by atoms with Crippen LogP contribution in [-0.4, -0.2) is 7.11 Å². The Hall–Kier alpha value is -2.53. The van der Waals surface area contributed by atoms with Gasteiger partial charge in [-0.3, -0.25) is 0 Å². The zero-order chi connectivity index (χ0) is 15.2. The van der Waals surface area contributed by atoms with Gasteiger partial charge in [-0.05, 0) is 60.2 Å². The Morgan fingerprint density at radius 3 is 2.24 bits per heavy atom. The van der Waals surface area contributed by atoms with Crippen LogP contribution in [-0.2, 0) is 6.42 Å². The lowest BCUT2D eigenvalue weighted by Crippen LogP contribution is -1.97. The van der Waals surface area contributed by atoms with Gasteiger partial charge >= 0.3 is 0 Å². The van der Waals surface area contributed by atoms with Gasteiger partial charge in [0.2, 0.25) is 0 Å². The first kappa shape index (κ1) is 14.9. The van der Waals surface area contributed by atoms with E-state index in [1.807, 2.05) is 24.3 Å². The molecule has 0 heterocycles. The molecule has 2 aromatic rings. The van der Waals surface area contributed by atoms with Crippen molar-refractivity contribution in [2.75, 3.05) is 7.11 Å². The third kappa shape index (κ3) is 3.52. The molecule has 0 bridgehead atoms. The largest absolute Gasteiger partial charge is 0.497 e. The molecule has 0 amide bonds. The summed E-state index contributed by atoms with van der Waals surface area (Å²) < 4.78 is 5.18.